The normalized spacial score (nSPS) is 12.2. The Kier molecular flexibility index (Phi) is 6.39. The zero-order chi connectivity index (χ0) is 21.0. The van der Waals surface area contributed by atoms with E-state index in [-0.39, 0.29) is 17.9 Å². The summed E-state index contributed by atoms with van der Waals surface area (Å²) in [5, 5.41) is 15.1. The Bertz CT molecular complexity index is 979. The highest BCUT2D eigenvalue weighted by Crippen LogP contribution is 2.26. The van der Waals surface area contributed by atoms with Gasteiger partial charge in [0, 0.05) is 24.6 Å². The topological polar surface area (TPSA) is 81.9 Å². The van der Waals surface area contributed by atoms with Gasteiger partial charge in [0.2, 0.25) is 0 Å². The van der Waals surface area contributed by atoms with Gasteiger partial charge >= 0.3 is 0 Å². The number of carbonyl (C=O) groups excluding carboxylic acids is 1. The molecule has 1 amide bonds. The van der Waals surface area contributed by atoms with Crippen LogP contribution in [-0.2, 0) is 4.74 Å². The van der Waals surface area contributed by atoms with E-state index in [1.807, 2.05) is 58.0 Å². The van der Waals surface area contributed by atoms with Crippen LogP contribution in [0.4, 0.5) is 0 Å². The van der Waals surface area contributed by atoms with E-state index in [4.69, 9.17) is 4.74 Å². The van der Waals surface area contributed by atoms with E-state index < -0.39 is 0 Å². The number of nitrogens with zero attached hydrogens (tertiary/aromatic N) is 4. The van der Waals surface area contributed by atoms with Crippen molar-refractivity contribution in [1.82, 2.24) is 25.5 Å². The molecule has 1 atom stereocenters. The van der Waals surface area contributed by atoms with Crippen LogP contribution in [0.3, 0.4) is 0 Å². The zero-order valence-corrected chi connectivity index (χ0v) is 17.5. The van der Waals surface area contributed by atoms with E-state index in [2.05, 4.69) is 33.0 Å². The highest BCUT2D eigenvalue weighted by atomic mass is 16.5. The number of hydrogen-bond acceptors (Lipinski definition) is 5. The van der Waals surface area contributed by atoms with Gasteiger partial charge in [0.1, 0.15) is 0 Å². The van der Waals surface area contributed by atoms with Gasteiger partial charge in [-0.15, -0.1) is 5.10 Å². The third-order valence-corrected chi connectivity index (χ3v) is 4.61. The van der Waals surface area contributed by atoms with Gasteiger partial charge in [0.05, 0.1) is 12.3 Å². The van der Waals surface area contributed by atoms with E-state index in [0.717, 1.165) is 22.6 Å². The molecule has 29 heavy (non-hydrogen) atoms. The Morgan fingerprint density at radius 2 is 1.83 bits per heavy atom. The Labute approximate surface area is 171 Å². The van der Waals surface area contributed by atoms with Crippen LogP contribution in [0.2, 0.25) is 0 Å². The molecule has 3 aromatic rings. The monoisotopic (exact) mass is 393 g/mol. The lowest BCUT2D eigenvalue weighted by Crippen LogP contribution is -2.35. The molecule has 1 heterocycles. The highest BCUT2D eigenvalue weighted by molar-refractivity contribution is 5.96. The maximum atomic E-state index is 12.9. The van der Waals surface area contributed by atoms with Crippen LogP contribution in [0.25, 0.3) is 16.8 Å². The summed E-state index contributed by atoms with van der Waals surface area (Å²) in [7, 11) is 1.62. The molecule has 0 saturated heterocycles. The number of benzene rings is 2. The molecule has 0 unspecified atom stereocenters. The molecule has 3 rings (SSSR count). The molecule has 7 nitrogen and oxygen atoms in total. The molecule has 2 aromatic carbocycles. The van der Waals surface area contributed by atoms with Crippen molar-refractivity contribution in [2.24, 2.45) is 0 Å². The molecule has 0 aliphatic rings. The van der Waals surface area contributed by atoms with Crippen molar-refractivity contribution >= 4 is 5.91 Å². The summed E-state index contributed by atoms with van der Waals surface area (Å²) in [5.74, 6) is 0.723. The summed E-state index contributed by atoms with van der Waals surface area (Å²) in [4.78, 5) is 12.9. The van der Waals surface area contributed by atoms with Crippen LogP contribution in [0.1, 0.15) is 48.4 Å². The molecule has 0 spiro atoms. The minimum atomic E-state index is -0.163. The van der Waals surface area contributed by atoms with E-state index in [1.54, 1.807) is 11.8 Å². The van der Waals surface area contributed by atoms with Crippen molar-refractivity contribution < 1.29 is 9.53 Å². The van der Waals surface area contributed by atoms with Gasteiger partial charge in [0.15, 0.2) is 5.82 Å². The van der Waals surface area contributed by atoms with Gasteiger partial charge in [-0.2, -0.15) is 4.68 Å². The predicted molar refractivity (Wildman–Crippen MR) is 112 cm³/mol. The van der Waals surface area contributed by atoms with Crippen LogP contribution in [0.15, 0.2) is 42.5 Å². The number of aryl methyl sites for hydroxylation is 1. The van der Waals surface area contributed by atoms with Crippen molar-refractivity contribution in [3.8, 4) is 16.8 Å². The molecule has 0 bridgehead atoms. The number of carbonyl (C=O) groups is 1. The molecule has 7 heteroatoms. The first-order chi connectivity index (χ1) is 13.9. The average Bonchev–Trinajstić information content (AvgIpc) is 3.18. The van der Waals surface area contributed by atoms with Crippen LogP contribution >= 0.6 is 0 Å². The van der Waals surface area contributed by atoms with Gasteiger partial charge in [-0.3, -0.25) is 4.79 Å². The Balaban J connectivity index is 2.08. The average molecular weight is 393 g/mol. The maximum absolute atomic E-state index is 12.9. The van der Waals surface area contributed by atoms with Crippen LogP contribution in [0.5, 0.6) is 0 Å². The minimum absolute atomic E-state index is 0.0988. The summed E-state index contributed by atoms with van der Waals surface area (Å²) < 4.78 is 6.82. The van der Waals surface area contributed by atoms with Gasteiger partial charge in [-0.25, -0.2) is 0 Å². The second-order valence-corrected chi connectivity index (χ2v) is 7.57. The Morgan fingerprint density at radius 1 is 1.10 bits per heavy atom. The summed E-state index contributed by atoms with van der Waals surface area (Å²) in [6.07, 6.45) is 0. The fourth-order valence-electron chi connectivity index (χ4n) is 3.11. The van der Waals surface area contributed by atoms with Crippen molar-refractivity contribution in [1.29, 1.82) is 0 Å². The number of nitrogens with one attached hydrogen (secondary N) is 1. The molecule has 1 aromatic heterocycles. The number of methoxy groups -OCH3 is 1. The molecule has 0 aliphatic heterocycles. The second-order valence-electron chi connectivity index (χ2n) is 7.57. The number of tetrazole rings is 1. The maximum Gasteiger partial charge on any atom is 0.251 e. The van der Waals surface area contributed by atoms with E-state index >= 15 is 0 Å². The first-order valence-corrected chi connectivity index (χ1v) is 9.69. The van der Waals surface area contributed by atoms with Crippen molar-refractivity contribution in [2.45, 2.75) is 39.7 Å². The Hall–Kier alpha value is -3.06. The third kappa shape index (κ3) is 4.86. The SMILES string of the molecule is COC[C@@H](C)NC(=O)c1cc(-c2ccc(C)cc2)cc(-n2nnnc2C(C)C)c1. The summed E-state index contributed by atoms with van der Waals surface area (Å²) in [5.41, 5.74) is 4.43. The smallest absolute Gasteiger partial charge is 0.251 e. The molecule has 1 N–H and O–H groups in total. The van der Waals surface area contributed by atoms with E-state index in [1.165, 1.54) is 5.56 Å². The van der Waals surface area contributed by atoms with Crippen molar-refractivity contribution in [3.05, 3.63) is 59.4 Å². The van der Waals surface area contributed by atoms with Gasteiger partial charge in [0.25, 0.3) is 5.91 Å². The molecule has 0 saturated carbocycles. The summed E-state index contributed by atoms with van der Waals surface area (Å²) >= 11 is 0. The second kappa shape index (κ2) is 8.96. The lowest BCUT2D eigenvalue weighted by molar-refractivity contribution is 0.0905. The standard InChI is InChI=1S/C22H27N5O2/c1-14(2)21-24-25-26-27(21)20-11-18(17-8-6-15(3)7-9-17)10-19(12-20)22(28)23-16(4)13-29-5/h6-12,14,16H,13H2,1-5H3,(H,23,28)/t16-/m1/s1. The molecule has 0 aliphatic carbocycles. The lowest BCUT2D eigenvalue weighted by Gasteiger charge is -2.15. The van der Waals surface area contributed by atoms with E-state index in [9.17, 15) is 4.79 Å². The van der Waals surface area contributed by atoms with Crippen molar-refractivity contribution in [2.75, 3.05) is 13.7 Å². The van der Waals surface area contributed by atoms with Crippen LogP contribution in [-0.4, -0.2) is 45.9 Å². The molecular weight excluding hydrogens is 366 g/mol. The van der Waals surface area contributed by atoms with Gasteiger partial charge < -0.3 is 10.1 Å². The predicted octanol–water partition coefficient (Wildman–Crippen LogP) is 3.53. The number of aromatic nitrogens is 4. The lowest BCUT2D eigenvalue weighted by atomic mass is 10.0. The zero-order valence-electron chi connectivity index (χ0n) is 17.5. The fourth-order valence-corrected chi connectivity index (χ4v) is 3.11. The van der Waals surface area contributed by atoms with Gasteiger partial charge in [-0.05, 0) is 53.6 Å². The number of ether oxygens (including phenoxy) is 1. The van der Waals surface area contributed by atoms with Crippen molar-refractivity contribution in [3.63, 3.8) is 0 Å². The Morgan fingerprint density at radius 3 is 2.48 bits per heavy atom. The van der Waals surface area contributed by atoms with Crippen LogP contribution < -0.4 is 5.32 Å². The molecule has 0 radical (unpaired) electrons. The molecular formula is C22H27N5O2. The largest absolute Gasteiger partial charge is 0.383 e. The first-order valence-electron chi connectivity index (χ1n) is 9.69. The first kappa shape index (κ1) is 20.7. The van der Waals surface area contributed by atoms with Crippen LogP contribution in [0, 0.1) is 6.92 Å². The quantitative estimate of drug-likeness (QED) is 0.664. The minimum Gasteiger partial charge on any atom is -0.383 e. The summed E-state index contributed by atoms with van der Waals surface area (Å²) in [6, 6.07) is 13.8. The number of rotatable bonds is 7. The van der Waals surface area contributed by atoms with Gasteiger partial charge in [-0.1, -0.05) is 43.7 Å². The highest BCUT2D eigenvalue weighted by Gasteiger charge is 2.17. The van der Waals surface area contributed by atoms with E-state index in [0.29, 0.717) is 12.2 Å². The molecule has 152 valence electrons. The third-order valence-electron chi connectivity index (χ3n) is 4.61. The summed E-state index contributed by atoms with van der Waals surface area (Å²) in [6.45, 7) is 8.47. The number of amides is 1. The number of hydrogen-bond donors (Lipinski definition) is 1. The molecule has 0 fully saturated rings. The fraction of sp³-hybridized carbons (Fsp3) is 0.364.